The number of anilines is 1. The average molecular weight is 250 g/mol. The second-order valence-electron chi connectivity index (χ2n) is 4.09. The highest BCUT2D eigenvalue weighted by atomic mass is 35.5. The first-order valence-corrected chi connectivity index (χ1v) is 6.08. The van der Waals surface area contributed by atoms with Crippen LogP contribution < -0.4 is 5.73 Å². The lowest BCUT2D eigenvalue weighted by Gasteiger charge is -2.04. The van der Waals surface area contributed by atoms with Crippen LogP contribution in [0.2, 0.25) is 5.02 Å². The Bertz CT molecular complexity index is 531. The lowest BCUT2D eigenvalue weighted by molar-refractivity contribution is 0.741. The van der Waals surface area contributed by atoms with Crippen molar-refractivity contribution in [3.63, 3.8) is 0 Å². The molecule has 0 saturated carbocycles. The van der Waals surface area contributed by atoms with Crippen LogP contribution in [0.5, 0.6) is 0 Å². The van der Waals surface area contributed by atoms with Gasteiger partial charge in [-0.05, 0) is 24.1 Å². The van der Waals surface area contributed by atoms with Crippen molar-refractivity contribution in [1.29, 1.82) is 0 Å². The summed E-state index contributed by atoms with van der Waals surface area (Å²) < 4.78 is 1.72. The van der Waals surface area contributed by atoms with Crippen molar-refractivity contribution >= 4 is 17.4 Å². The van der Waals surface area contributed by atoms with Crippen LogP contribution in [0, 0.1) is 0 Å². The molecular weight excluding hydrogens is 234 g/mol. The summed E-state index contributed by atoms with van der Waals surface area (Å²) in [6, 6.07) is 7.73. The molecule has 0 aliphatic rings. The van der Waals surface area contributed by atoms with Crippen molar-refractivity contribution in [3.05, 3.63) is 35.0 Å². The summed E-state index contributed by atoms with van der Waals surface area (Å²) in [6.07, 6.45) is 1.97. The average Bonchev–Trinajstić information content (AvgIpc) is 2.55. The van der Waals surface area contributed by atoms with Gasteiger partial charge in [0.25, 0.3) is 0 Å². The monoisotopic (exact) mass is 249 g/mol. The zero-order chi connectivity index (χ0) is 12.4. The maximum absolute atomic E-state index is 6.07. The van der Waals surface area contributed by atoms with Crippen LogP contribution >= 0.6 is 11.6 Å². The molecule has 2 N–H and O–H groups in total. The molecule has 1 aromatic carbocycles. The molecule has 0 spiro atoms. The number of aromatic nitrogens is 2. The van der Waals surface area contributed by atoms with Gasteiger partial charge in [0, 0.05) is 17.6 Å². The number of nitrogen functional groups attached to an aromatic ring is 1. The summed E-state index contributed by atoms with van der Waals surface area (Å²) in [7, 11) is 1.86. The highest BCUT2D eigenvalue weighted by molar-refractivity contribution is 6.30. The Morgan fingerprint density at radius 2 is 2.18 bits per heavy atom. The highest BCUT2D eigenvalue weighted by Crippen LogP contribution is 2.31. The third kappa shape index (κ3) is 2.29. The van der Waals surface area contributed by atoms with Crippen molar-refractivity contribution < 1.29 is 0 Å². The van der Waals surface area contributed by atoms with Gasteiger partial charge in [0.2, 0.25) is 0 Å². The van der Waals surface area contributed by atoms with Gasteiger partial charge in [-0.3, -0.25) is 4.68 Å². The van der Waals surface area contributed by atoms with Gasteiger partial charge in [0.15, 0.2) is 0 Å². The minimum Gasteiger partial charge on any atom is -0.383 e. The molecule has 0 unspecified atom stereocenters. The number of benzene rings is 1. The first kappa shape index (κ1) is 12.0. The van der Waals surface area contributed by atoms with Gasteiger partial charge >= 0.3 is 0 Å². The Balaban J connectivity index is 2.57. The molecule has 1 heterocycles. The number of nitrogens with two attached hydrogens (primary N) is 1. The maximum atomic E-state index is 6.07. The number of halogens is 1. The van der Waals surface area contributed by atoms with Crippen molar-refractivity contribution in [1.82, 2.24) is 9.78 Å². The van der Waals surface area contributed by atoms with E-state index in [4.69, 9.17) is 17.3 Å². The number of rotatable bonds is 3. The summed E-state index contributed by atoms with van der Waals surface area (Å²) in [6.45, 7) is 2.13. The van der Waals surface area contributed by atoms with E-state index in [-0.39, 0.29) is 0 Å². The van der Waals surface area contributed by atoms with Crippen molar-refractivity contribution in [2.45, 2.75) is 19.8 Å². The molecule has 2 rings (SSSR count). The van der Waals surface area contributed by atoms with Gasteiger partial charge in [-0.15, -0.1) is 0 Å². The lowest BCUT2D eigenvalue weighted by atomic mass is 10.0. The Hall–Kier alpha value is -1.48. The molecule has 2 aromatic rings. The largest absolute Gasteiger partial charge is 0.383 e. The van der Waals surface area contributed by atoms with E-state index in [2.05, 4.69) is 12.0 Å². The molecular formula is C13H16ClN3. The molecule has 0 radical (unpaired) electrons. The van der Waals surface area contributed by atoms with Crippen LogP contribution in [0.15, 0.2) is 24.3 Å². The Morgan fingerprint density at radius 3 is 2.82 bits per heavy atom. The van der Waals surface area contributed by atoms with Crippen LogP contribution in [-0.4, -0.2) is 9.78 Å². The predicted molar refractivity (Wildman–Crippen MR) is 72.1 cm³/mol. The standard InChI is InChI=1S/C13H16ClN3/c1-3-5-11-12(13(15)17(2)16-11)9-6-4-7-10(14)8-9/h4,6-8H,3,5,15H2,1-2H3. The molecule has 3 nitrogen and oxygen atoms in total. The van der Waals surface area contributed by atoms with E-state index in [9.17, 15) is 0 Å². The predicted octanol–water partition coefficient (Wildman–Crippen LogP) is 3.28. The number of hydrogen-bond donors (Lipinski definition) is 1. The smallest absolute Gasteiger partial charge is 0.129 e. The fourth-order valence-electron chi connectivity index (χ4n) is 1.96. The molecule has 0 aliphatic heterocycles. The maximum Gasteiger partial charge on any atom is 0.129 e. The highest BCUT2D eigenvalue weighted by Gasteiger charge is 2.14. The lowest BCUT2D eigenvalue weighted by Crippen LogP contribution is -1.98. The summed E-state index contributed by atoms with van der Waals surface area (Å²) in [4.78, 5) is 0. The third-order valence-corrected chi connectivity index (χ3v) is 3.00. The summed E-state index contributed by atoms with van der Waals surface area (Å²) >= 11 is 6.02. The first-order valence-electron chi connectivity index (χ1n) is 5.70. The van der Waals surface area contributed by atoms with Gasteiger partial charge in [0.1, 0.15) is 5.82 Å². The van der Waals surface area contributed by atoms with Crippen molar-refractivity contribution in [3.8, 4) is 11.1 Å². The van der Waals surface area contributed by atoms with E-state index in [1.54, 1.807) is 4.68 Å². The van der Waals surface area contributed by atoms with Crippen LogP contribution in [0.1, 0.15) is 19.0 Å². The van der Waals surface area contributed by atoms with E-state index in [0.29, 0.717) is 10.8 Å². The Labute approximate surface area is 106 Å². The van der Waals surface area contributed by atoms with Crippen LogP contribution in [0.4, 0.5) is 5.82 Å². The summed E-state index contributed by atoms with van der Waals surface area (Å²) in [5, 5.41) is 5.17. The minimum absolute atomic E-state index is 0.690. The molecule has 90 valence electrons. The van der Waals surface area contributed by atoms with Crippen LogP contribution in [0.3, 0.4) is 0 Å². The topological polar surface area (TPSA) is 43.8 Å². The van der Waals surface area contributed by atoms with Crippen molar-refractivity contribution in [2.75, 3.05) is 5.73 Å². The fourth-order valence-corrected chi connectivity index (χ4v) is 2.16. The first-order chi connectivity index (χ1) is 8.13. The molecule has 0 amide bonds. The van der Waals surface area contributed by atoms with Gasteiger partial charge in [-0.2, -0.15) is 5.10 Å². The van der Waals surface area contributed by atoms with Crippen molar-refractivity contribution in [2.24, 2.45) is 7.05 Å². The fraction of sp³-hybridized carbons (Fsp3) is 0.308. The zero-order valence-corrected chi connectivity index (χ0v) is 10.8. The van der Waals surface area contributed by atoms with E-state index in [1.165, 1.54) is 0 Å². The van der Waals surface area contributed by atoms with Gasteiger partial charge in [-0.25, -0.2) is 0 Å². The zero-order valence-electron chi connectivity index (χ0n) is 10.1. The molecule has 17 heavy (non-hydrogen) atoms. The SMILES string of the molecule is CCCc1nn(C)c(N)c1-c1cccc(Cl)c1. The molecule has 0 saturated heterocycles. The summed E-state index contributed by atoms with van der Waals surface area (Å²) in [5.74, 6) is 0.690. The summed E-state index contributed by atoms with van der Waals surface area (Å²) in [5.41, 5.74) is 9.15. The third-order valence-electron chi connectivity index (χ3n) is 2.76. The molecule has 0 atom stereocenters. The number of hydrogen-bond acceptors (Lipinski definition) is 2. The van der Waals surface area contributed by atoms with E-state index in [0.717, 1.165) is 29.7 Å². The van der Waals surface area contributed by atoms with Crippen LogP contribution in [0.25, 0.3) is 11.1 Å². The molecule has 4 heteroatoms. The minimum atomic E-state index is 0.690. The number of nitrogens with zero attached hydrogens (tertiary/aromatic N) is 2. The van der Waals surface area contributed by atoms with Gasteiger partial charge in [0.05, 0.1) is 5.69 Å². The van der Waals surface area contributed by atoms with E-state index < -0.39 is 0 Å². The Morgan fingerprint density at radius 1 is 1.41 bits per heavy atom. The Kier molecular flexibility index (Phi) is 3.38. The quantitative estimate of drug-likeness (QED) is 0.907. The van der Waals surface area contributed by atoms with E-state index in [1.807, 2.05) is 31.3 Å². The van der Waals surface area contributed by atoms with Gasteiger partial charge < -0.3 is 5.73 Å². The van der Waals surface area contributed by atoms with E-state index >= 15 is 0 Å². The molecule has 0 aliphatic carbocycles. The molecule has 0 fully saturated rings. The normalized spacial score (nSPS) is 10.8. The van der Waals surface area contributed by atoms with Crippen LogP contribution in [-0.2, 0) is 13.5 Å². The second-order valence-corrected chi connectivity index (χ2v) is 4.53. The van der Waals surface area contributed by atoms with Gasteiger partial charge in [-0.1, -0.05) is 37.1 Å². The second kappa shape index (κ2) is 4.80. The molecule has 1 aromatic heterocycles. The molecule has 0 bridgehead atoms. The number of aryl methyl sites for hydroxylation is 2.